The van der Waals surface area contributed by atoms with Crippen molar-refractivity contribution in [3.63, 3.8) is 0 Å². The van der Waals surface area contributed by atoms with Gasteiger partial charge in [-0.05, 0) is 40.5 Å². The van der Waals surface area contributed by atoms with E-state index in [4.69, 9.17) is 4.74 Å². The van der Waals surface area contributed by atoms with Crippen molar-refractivity contribution in [3.8, 4) is 11.5 Å². The average Bonchev–Trinajstić information content (AvgIpc) is 2.72. The minimum Gasteiger partial charge on any atom is -0.504 e. The molecular formula is C26H25NO3. The number of allylic oxidation sites excluding steroid dienone is 2. The SMILES string of the molecule is COc1cc([C@H]2C3=C(CC(C)(C)CC3=O)Nc3c2ccc2ccccc32)ccc1O. The molecular weight excluding hydrogens is 374 g/mol. The molecule has 0 bridgehead atoms. The number of ketones is 1. The highest BCUT2D eigenvalue weighted by Crippen LogP contribution is 2.51. The largest absolute Gasteiger partial charge is 0.504 e. The zero-order chi connectivity index (χ0) is 21.0. The van der Waals surface area contributed by atoms with Crippen LogP contribution in [0.25, 0.3) is 10.8 Å². The molecule has 0 saturated carbocycles. The third-order valence-corrected chi connectivity index (χ3v) is 6.29. The summed E-state index contributed by atoms with van der Waals surface area (Å²) in [5, 5.41) is 16.1. The average molecular weight is 399 g/mol. The van der Waals surface area contributed by atoms with E-state index in [2.05, 4.69) is 43.4 Å². The Morgan fingerprint density at radius 3 is 2.67 bits per heavy atom. The van der Waals surface area contributed by atoms with E-state index in [1.807, 2.05) is 24.3 Å². The molecule has 0 radical (unpaired) electrons. The van der Waals surface area contributed by atoms with Crippen LogP contribution in [0.15, 0.2) is 65.9 Å². The molecule has 1 atom stereocenters. The summed E-state index contributed by atoms with van der Waals surface area (Å²) in [4.78, 5) is 13.3. The molecule has 0 aromatic heterocycles. The van der Waals surface area contributed by atoms with Gasteiger partial charge in [-0.15, -0.1) is 0 Å². The fourth-order valence-corrected chi connectivity index (χ4v) is 4.98. The van der Waals surface area contributed by atoms with E-state index in [1.165, 1.54) is 0 Å². The third kappa shape index (κ3) is 2.86. The van der Waals surface area contributed by atoms with Gasteiger partial charge in [0.25, 0.3) is 0 Å². The number of carbonyl (C=O) groups excluding carboxylic acids is 1. The molecule has 4 nitrogen and oxygen atoms in total. The van der Waals surface area contributed by atoms with Gasteiger partial charge in [-0.3, -0.25) is 4.79 Å². The first-order valence-electron chi connectivity index (χ1n) is 10.3. The molecule has 1 heterocycles. The highest BCUT2D eigenvalue weighted by Gasteiger charge is 2.41. The van der Waals surface area contributed by atoms with Crippen molar-refractivity contribution < 1.29 is 14.6 Å². The van der Waals surface area contributed by atoms with E-state index in [1.54, 1.807) is 13.2 Å². The van der Waals surface area contributed by atoms with Gasteiger partial charge in [-0.1, -0.05) is 56.3 Å². The highest BCUT2D eigenvalue weighted by atomic mass is 16.5. The van der Waals surface area contributed by atoms with Crippen molar-refractivity contribution in [2.45, 2.75) is 32.6 Å². The molecule has 0 unspecified atom stereocenters. The lowest BCUT2D eigenvalue weighted by molar-refractivity contribution is -0.118. The normalized spacial score (nSPS) is 19.8. The molecule has 152 valence electrons. The number of hydrogen-bond donors (Lipinski definition) is 2. The van der Waals surface area contributed by atoms with E-state index in [9.17, 15) is 9.90 Å². The topological polar surface area (TPSA) is 58.6 Å². The standard InChI is InChI=1S/C26H25NO3/c1-26(2)13-19-24(21(29)14-26)23(16-9-11-20(28)22(12-16)30-3)18-10-8-15-6-4-5-7-17(15)25(18)27-19/h4-12,23,27-28H,13-14H2,1-3H3/t23-/m1/s1. The molecule has 1 aliphatic heterocycles. The number of fused-ring (bicyclic) bond motifs is 3. The number of methoxy groups -OCH3 is 1. The minimum atomic E-state index is -0.195. The predicted octanol–water partition coefficient (Wildman–Crippen LogP) is 5.75. The van der Waals surface area contributed by atoms with Gasteiger partial charge in [-0.25, -0.2) is 0 Å². The van der Waals surface area contributed by atoms with E-state index in [-0.39, 0.29) is 22.9 Å². The molecule has 2 aliphatic rings. The molecule has 2 N–H and O–H groups in total. The van der Waals surface area contributed by atoms with E-state index >= 15 is 0 Å². The first-order valence-corrected chi connectivity index (χ1v) is 10.3. The summed E-state index contributed by atoms with van der Waals surface area (Å²) in [6.45, 7) is 4.29. The highest BCUT2D eigenvalue weighted by molar-refractivity contribution is 6.05. The zero-order valence-electron chi connectivity index (χ0n) is 17.5. The lowest BCUT2D eigenvalue weighted by Gasteiger charge is -2.40. The summed E-state index contributed by atoms with van der Waals surface area (Å²) in [5.74, 6) is 0.502. The van der Waals surface area contributed by atoms with Gasteiger partial charge in [0.05, 0.1) is 12.8 Å². The van der Waals surface area contributed by atoms with E-state index in [0.717, 1.165) is 45.3 Å². The third-order valence-electron chi connectivity index (χ3n) is 6.29. The van der Waals surface area contributed by atoms with Crippen molar-refractivity contribution in [2.24, 2.45) is 5.41 Å². The van der Waals surface area contributed by atoms with Gasteiger partial charge in [0.15, 0.2) is 17.3 Å². The number of phenolic OH excluding ortho intramolecular Hbond substituents is 1. The van der Waals surface area contributed by atoms with Crippen molar-refractivity contribution >= 4 is 22.2 Å². The van der Waals surface area contributed by atoms with Crippen molar-refractivity contribution in [3.05, 3.63) is 77.0 Å². The predicted molar refractivity (Wildman–Crippen MR) is 119 cm³/mol. The number of hydrogen-bond acceptors (Lipinski definition) is 4. The fourth-order valence-electron chi connectivity index (χ4n) is 4.98. The lowest BCUT2D eigenvalue weighted by atomic mass is 9.68. The summed E-state index contributed by atoms with van der Waals surface area (Å²) in [5.41, 5.74) is 4.86. The first kappa shape index (κ1) is 18.7. The van der Waals surface area contributed by atoms with Crippen LogP contribution in [0.5, 0.6) is 11.5 Å². The van der Waals surface area contributed by atoms with Crippen LogP contribution in [-0.4, -0.2) is 18.0 Å². The first-order chi connectivity index (χ1) is 14.4. The Morgan fingerprint density at radius 2 is 1.87 bits per heavy atom. The maximum atomic E-state index is 13.3. The molecule has 0 fully saturated rings. The minimum absolute atomic E-state index is 0.0812. The molecule has 3 aromatic rings. The van der Waals surface area contributed by atoms with Crippen LogP contribution in [0.3, 0.4) is 0 Å². The summed E-state index contributed by atoms with van der Waals surface area (Å²) in [7, 11) is 1.54. The van der Waals surface area contributed by atoms with Gasteiger partial charge < -0.3 is 15.2 Å². The van der Waals surface area contributed by atoms with Gasteiger partial charge in [0.2, 0.25) is 0 Å². The number of benzene rings is 3. The maximum absolute atomic E-state index is 13.3. The number of aromatic hydroxyl groups is 1. The van der Waals surface area contributed by atoms with Crippen LogP contribution >= 0.6 is 0 Å². The Balaban J connectivity index is 1.79. The maximum Gasteiger partial charge on any atom is 0.162 e. The lowest BCUT2D eigenvalue weighted by Crippen LogP contribution is -2.33. The molecule has 30 heavy (non-hydrogen) atoms. The van der Waals surface area contributed by atoms with Gasteiger partial charge in [-0.2, -0.15) is 0 Å². The zero-order valence-corrected chi connectivity index (χ0v) is 17.5. The molecule has 5 rings (SSSR count). The molecule has 3 aromatic carbocycles. The van der Waals surface area contributed by atoms with Gasteiger partial charge in [0, 0.05) is 29.0 Å². The smallest absolute Gasteiger partial charge is 0.162 e. The van der Waals surface area contributed by atoms with Crippen LogP contribution in [0.1, 0.15) is 43.7 Å². The molecule has 0 saturated heterocycles. The monoisotopic (exact) mass is 399 g/mol. The van der Waals surface area contributed by atoms with Crippen LogP contribution < -0.4 is 10.1 Å². The number of ether oxygens (including phenoxy) is 1. The summed E-state index contributed by atoms with van der Waals surface area (Å²) in [6.07, 6.45) is 1.35. The molecule has 0 amide bonds. The Bertz CT molecular complexity index is 1220. The van der Waals surface area contributed by atoms with Gasteiger partial charge in [0.1, 0.15) is 0 Å². The second-order valence-corrected chi connectivity index (χ2v) is 9.07. The number of phenols is 1. The van der Waals surface area contributed by atoms with Crippen molar-refractivity contribution in [1.29, 1.82) is 0 Å². The number of anilines is 1. The second-order valence-electron chi connectivity index (χ2n) is 9.07. The van der Waals surface area contributed by atoms with Gasteiger partial charge >= 0.3 is 0 Å². The summed E-state index contributed by atoms with van der Waals surface area (Å²) >= 11 is 0. The van der Waals surface area contributed by atoms with Crippen molar-refractivity contribution in [1.82, 2.24) is 0 Å². The Kier molecular flexibility index (Phi) is 4.14. The van der Waals surface area contributed by atoms with Crippen LogP contribution in [0.4, 0.5) is 5.69 Å². The van der Waals surface area contributed by atoms with E-state index in [0.29, 0.717) is 12.2 Å². The Labute approximate surface area is 176 Å². The quantitative estimate of drug-likeness (QED) is 0.576. The number of Topliss-reactive ketones (excluding diaryl/α,β-unsaturated/α-hetero) is 1. The number of nitrogens with one attached hydrogen (secondary N) is 1. The number of carbonyl (C=O) groups is 1. The van der Waals surface area contributed by atoms with E-state index < -0.39 is 0 Å². The van der Waals surface area contributed by atoms with Crippen LogP contribution in [0.2, 0.25) is 0 Å². The second kappa shape index (κ2) is 6.63. The molecule has 4 heteroatoms. The molecule has 0 spiro atoms. The Morgan fingerprint density at radius 1 is 1.07 bits per heavy atom. The van der Waals surface area contributed by atoms with Crippen molar-refractivity contribution in [2.75, 3.05) is 12.4 Å². The Hall–Kier alpha value is -3.27. The number of rotatable bonds is 2. The molecule has 1 aliphatic carbocycles. The fraction of sp³-hybridized carbons (Fsp3) is 0.269. The summed E-state index contributed by atoms with van der Waals surface area (Å²) in [6, 6.07) is 17.9. The van der Waals surface area contributed by atoms with Crippen LogP contribution in [-0.2, 0) is 4.79 Å². The summed E-state index contributed by atoms with van der Waals surface area (Å²) < 4.78 is 5.36. The van der Waals surface area contributed by atoms with Crippen LogP contribution in [0, 0.1) is 5.41 Å².